The molecule has 2 amide bonds. The molecule has 1 aliphatic rings. The highest BCUT2D eigenvalue weighted by molar-refractivity contribution is 7.91. The van der Waals surface area contributed by atoms with Gasteiger partial charge in [0.25, 0.3) is 0 Å². The van der Waals surface area contributed by atoms with Crippen LogP contribution in [0.2, 0.25) is 0 Å². The maximum Gasteiger partial charge on any atom is 0.319 e. The number of benzene rings is 1. The van der Waals surface area contributed by atoms with Gasteiger partial charge in [0.15, 0.2) is 9.84 Å². The number of urea groups is 1. The fourth-order valence-electron chi connectivity index (χ4n) is 2.21. The van der Waals surface area contributed by atoms with Crippen molar-refractivity contribution in [1.29, 1.82) is 0 Å². The van der Waals surface area contributed by atoms with Crippen LogP contribution >= 0.6 is 0 Å². The van der Waals surface area contributed by atoms with Gasteiger partial charge in [0.05, 0.1) is 11.5 Å². The number of anilines is 1. The second kappa shape index (κ2) is 6.23. The van der Waals surface area contributed by atoms with Gasteiger partial charge in [0, 0.05) is 18.3 Å². The topological polar surface area (TPSA) is 101 Å². The Hall–Kier alpha value is -1.60. The minimum Gasteiger partial charge on any atom is -0.334 e. The Morgan fingerprint density at radius 1 is 1.30 bits per heavy atom. The van der Waals surface area contributed by atoms with Crippen LogP contribution in [0.25, 0.3) is 0 Å². The molecule has 20 heavy (non-hydrogen) atoms. The molecular formula is C13H19N3O3S. The summed E-state index contributed by atoms with van der Waals surface area (Å²) in [5, 5.41) is 5.38. The summed E-state index contributed by atoms with van der Waals surface area (Å²) in [4.78, 5) is 11.8. The predicted octanol–water partition coefficient (Wildman–Crippen LogP) is 0.844. The van der Waals surface area contributed by atoms with Crippen molar-refractivity contribution in [3.05, 3.63) is 29.8 Å². The quantitative estimate of drug-likeness (QED) is 0.769. The summed E-state index contributed by atoms with van der Waals surface area (Å²) in [6.07, 6.45) is 1.29. The fourth-order valence-corrected chi connectivity index (χ4v) is 3.85. The molecule has 1 unspecified atom stereocenters. The Morgan fingerprint density at radius 2 is 2.00 bits per heavy atom. The Kier molecular flexibility index (Phi) is 4.61. The third-order valence-electron chi connectivity index (χ3n) is 3.25. The zero-order valence-corrected chi connectivity index (χ0v) is 11.9. The Labute approximate surface area is 118 Å². The number of sulfone groups is 1. The molecule has 2 rings (SSSR count). The number of nitrogens with one attached hydrogen (secondary N) is 2. The molecule has 1 atom stereocenters. The molecular weight excluding hydrogens is 278 g/mol. The first-order chi connectivity index (χ1) is 9.48. The highest BCUT2D eigenvalue weighted by Gasteiger charge is 2.25. The molecule has 0 bridgehead atoms. The molecule has 4 N–H and O–H groups in total. The lowest BCUT2D eigenvalue weighted by Crippen LogP contribution is -2.44. The van der Waals surface area contributed by atoms with Crippen LogP contribution in [0.1, 0.15) is 18.4 Å². The standard InChI is InChI=1S/C13H19N3O3S/c14-8-10-3-5-11(6-4-10)15-13(17)16-12-2-1-7-20(18,19)9-12/h3-6,12H,1-2,7-9,14H2,(H2,15,16,17). The van der Waals surface area contributed by atoms with Gasteiger partial charge in [-0.05, 0) is 30.5 Å². The second-order valence-electron chi connectivity index (χ2n) is 4.95. The fraction of sp³-hybridized carbons (Fsp3) is 0.462. The van der Waals surface area contributed by atoms with Gasteiger partial charge in [-0.25, -0.2) is 13.2 Å². The van der Waals surface area contributed by atoms with Crippen molar-refractivity contribution in [3.63, 3.8) is 0 Å². The van der Waals surface area contributed by atoms with Crippen LogP contribution in [0.3, 0.4) is 0 Å². The molecule has 0 aliphatic carbocycles. The highest BCUT2D eigenvalue weighted by Crippen LogP contribution is 2.13. The Balaban J connectivity index is 1.88. The molecule has 1 fully saturated rings. The maximum absolute atomic E-state index is 11.8. The predicted molar refractivity (Wildman–Crippen MR) is 78.2 cm³/mol. The summed E-state index contributed by atoms with van der Waals surface area (Å²) < 4.78 is 23.0. The van der Waals surface area contributed by atoms with Crippen LogP contribution in [-0.4, -0.2) is 32.0 Å². The van der Waals surface area contributed by atoms with E-state index in [1.54, 1.807) is 12.1 Å². The van der Waals surface area contributed by atoms with Crippen molar-refractivity contribution < 1.29 is 13.2 Å². The largest absolute Gasteiger partial charge is 0.334 e. The lowest BCUT2D eigenvalue weighted by molar-refractivity contribution is 0.248. The number of hydrogen-bond donors (Lipinski definition) is 3. The van der Waals surface area contributed by atoms with E-state index in [9.17, 15) is 13.2 Å². The van der Waals surface area contributed by atoms with Gasteiger partial charge in [0.1, 0.15) is 0 Å². The van der Waals surface area contributed by atoms with E-state index in [0.717, 1.165) is 5.56 Å². The van der Waals surface area contributed by atoms with Crippen molar-refractivity contribution in [3.8, 4) is 0 Å². The van der Waals surface area contributed by atoms with E-state index in [4.69, 9.17) is 5.73 Å². The van der Waals surface area contributed by atoms with Crippen LogP contribution in [0.4, 0.5) is 10.5 Å². The van der Waals surface area contributed by atoms with Gasteiger partial charge in [-0.1, -0.05) is 12.1 Å². The molecule has 110 valence electrons. The lowest BCUT2D eigenvalue weighted by Gasteiger charge is -2.23. The molecule has 0 spiro atoms. The van der Waals surface area contributed by atoms with Gasteiger partial charge >= 0.3 is 6.03 Å². The number of amides is 2. The summed E-state index contributed by atoms with van der Waals surface area (Å²) >= 11 is 0. The molecule has 0 aromatic heterocycles. The molecule has 1 aromatic rings. The highest BCUT2D eigenvalue weighted by atomic mass is 32.2. The minimum absolute atomic E-state index is 0.0204. The molecule has 0 radical (unpaired) electrons. The molecule has 6 nitrogen and oxygen atoms in total. The Bertz CT molecular complexity index is 569. The monoisotopic (exact) mass is 297 g/mol. The number of carbonyl (C=O) groups excluding carboxylic acids is 1. The van der Waals surface area contributed by atoms with Crippen LogP contribution in [0.15, 0.2) is 24.3 Å². The number of hydrogen-bond acceptors (Lipinski definition) is 4. The maximum atomic E-state index is 11.8. The zero-order chi connectivity index (χ0) is 14.6. The van der Waals surface area contributed by atoms with Crippen LogP contribution < -0.4 is 16.4 Å². The smallest absolute Gasteiger partial charge is 0.319 e. The normalized spacial score (nSPS) is 21.1. The van der Waals surface area contributed by atoms with Crippen molar-refractivity contribution in [2.24, 2.45) is 5.73 Å². The van der Waals surface area contributed by atoms with Gasteiger partial charge in [-0.2, -0.15) is 0 Å². The zero-order valence-electron chi connectivity index (χ0n) is 11.1. The first-order valence-corrected chi connectivity index (χ1v) is 8.37. The third-order valence-corrected chi connectivity index (χ3v) is 5.07. The summed E-state index contributed by atoms with van der Waals surface area (Å²) in [5.74, 6) is 0.236. The van der Waals surface area contributed by atoms with Crippen LogP contribution in [0, 0.1) is 0 Å². The summed E-state index contributed by atoms with van der Waals surface area (Å²) in [7, 11) is -3.02. The second-order valence-corrected chi connectivity index (χ2v) is 7.18. The molecule has 7 heteroatoms. The first kappa shape index (κ1) is 14.8. The molecule has 1 saturated heterocycles. The Morgan fingerprint density at radius 3 is 2.60 bits per heavy atom. The van der Waals surface area contributed by atoms with E-state index in [1.807, 2.05) is 12.1 Å². The lowest BCUT2D eigenvalue weighted by atomic mass is 10.2. The summed E-state index contributed by atoms with van der Waals surface area (Å²) in [6.45, 7) is 0.451. The molecule has 0 saturated carbocycles. The van der Waals surface area contributed by atoms with Gasteiger partial charge in [-0.3, -0.25) is 0 Å². The van der Waals surface area contributed by atoms with Crippen LogP contribution in [-0.2, 0) is 16.4 Å². The van der Waals surface area contributed by atoms with E-state index in [0.29, 0.717) is 25.1 Å². The molecule has 1 heterocycles. The first-order valence-electron chi connectivity index (χ1n) is 6.55. The SMILES string of the molecule is NCc1ccc(NC(=O)NC2CCCS(=O)(=O)C2)cc1. The van der Waals surface area contributed by atoms with Crippen molar-refractivity contribution >= 4 is 21.6 Å². The molecule has 1 aromatic carbocycles. The van der Waals surface area contributed by atoms with E-state index in [2.05, 4.69) is 10.6 Å². The van der Waals surface area contributed by atoms with E-state index in [-0.39, 0.29) is 23.6 Å². The van der Waals surface area contributed by atoms with Crippen LogP contribution in [0.5, 0.6) is 0 Å². The van der Waals surface area contributed by atoms with Gasteiger partial charge < -0.3 is 16.4 Å². The van der Waals surface area contributed by atoms with Gasteiger partial charge in [-0.15, -0.1) is 0 Å². The van der Waals surface area contributed by atoms with Crippen molar-refractivity contribution in [2.75, 3.05) is 16.8 Å². The molecule has 1 aliphatic heterocycles. The van der Waals surface area contributed by atoms with E-state index in [1.165, 1.54) is 0 Å². The van der Waals surface area contributed by atoms with Crippen molar-refractivity contribution in [1.82, 2.24) is 5.32 Å². The van der Waals surface area contributed by atoms with E-state index < -0.39 is 9.84 Å². The van der Waals surface area contributed by atoms with Gasteiger partial charge in [0.2, 0.25) is 0 Å². The average Bonchev–Trinajstić information content (AvgIpc) is 2.38. The van der Waals surface area contributed by atoms with Crippen molar-refractivity contribution in [2.45, 2.75) is 25.4 Å². The number of rotatable bonds is 3. The summed E-state index contributed by atoms with van der Waals surface area (Å²) in [6, 6.07) is 6.50. The number of nitrogens with two attached hydrogens (primary N) is 1. The average molecular weight is 297 g/mol. The minimum atomic E-state index is -3.02. The van der Waals surface area contributed by atoms with E-state index >= 15 is 0 Å². The summed E-state index contributed by atoms with van der Waals surface area (Å²) in [5.41, 5.74) is 7.13. The number of carbonyl (C=O) groups is 1. The third kappa shape index (κ3) is 4.21.